The van der Waals surface area contributed by atoms with Gasteiger partial charge in [-0.05, 0) is 12.1 Å². The van der Waals surface area contributed by atoms with Crippen molar-refractivity contribution in [1.29, 1.82) is 0 Å². The van der Waals surface area contributed by atoms with Gasteiger partial charge in [0, 0.05) is 40.3 Å². The molecular weight excluding hydrogens is 254 g/mol. The van der Waals surface area contributed by atoms with E-state index in [2.05, 4.69) is 15.9 Å². The molecule has 0 radical (unpaired) electrons. The topological polar surface area (TPSA) is 36.0 Å². The summed E-state index contributed by atoms with van der Waals surface area (Å²) in [6.45, 7) is 4.14. The molecule has 1 saturated heterocycles. The van der Waals surface area contributed by atoms with E-state index < -0.39 is 0 Å². The molecule has 0 spiro atoms. The van der Waals surface area contributed by atoms with Crippen molar-refractivity contribution in [3.05, 3.63) is 24.3 Å². The molecule has 1 fully saturated rings. The molecule has 0 aromatic heterocycles. The first-order valence-corrected chi connectivity index (χ1v) is 6.92. The highest BCUT2D eigenvalue weighted by molar-refractivity contribution is 5.77. The fourth-order valence-corrected chi connectivity index (χ4v) is 2.37. The van der Waals surface area contributed by atoms with Gasteiger partial charge in [-0.1, -0.05) is 12.1 Å². The maximum absolute atomic E-state index is 11.7. The largest absolute Gasteiger partial charge is 0.495 e. The van der Waals surface area contributed by atoms with Crippen LogP contribution in [0.25, 0.3) is 0 Å². The molecule has 1 heterocycles. The van der Waals surface area contributed by atoms with E-state index in [1.165, 1.54) is 0 Å². The lowest BCUT2D eigenvalue weighted by atomic mass is 10.2. The predicted octanol–water partition coefficient (Wildman–Crippen LogP) is 0.905. The van der Waals surface area contributed by atoms with Crippen LogP contribution in [0, 0.1) is 0 Å². The van der Waals surface area contributed by atoms with E-state index in [4.69, 9.17) is 4.74 Å². The van der Waals surface area contributed by atoms with E-state index >= 15 is 0 Å². The van der Waals surface area contributed by atoms with E-state index in [9.17, 15) is 4.79 Å². The van der Waals surface area contributed by atoms with E-state index in [0.29, 0.717) is 6.54 Å². The second-order valence-corrected chi connectivity index (χ2v) is 5.22. The quantitative estimate of drug-likeness (QED) is 0.819. The standard InChI is InChI=1S/C15H23N3O2/c1-16(2)15(19)12-17-8-10-18(11-9-17)13-6-4-5-7-14(13)20-3/h4-7H,8-12H2,1-3H3. The Kier molecular flexibility index (Phi) is 4.84. The maximum Gasteiger partial charge on any atom is 0.236 e. The Balaban J connectivity index is 1.92. The maximum atomic E-state index is 11.7. The number of hydrogen-bond donors (Lipinski definition) is 0. The van der Waals surface area contributed by atoms with Gasteiger partial charge in [0.05, 0.1) is 19.3 Å². The minimum Gasteiger partial charge on any atom is -0.495 e. The molecule has 0 bridgehead atoms. The summed E-state index contributed by atoms with van der Waals surface area (Å²) in [6.07, 6.45) is 0. The molecule has 5 heteroatoms. The van der Waals surface area contributed by atoms with Gasteiger partial charge in [-0.15, -0.1) is 0 Å². The van der Waals surface area contributed by atoms with Gasteiger partial charge in [0.2, 0.25) is 5.91 Å². The smallest absolute Gasteiger partial charge is 0.236 e. The summed E-state index contributed by atoms with van der Waals surface area (Å²) >= 11 is 0. The number of ether oxygens (including phenoxy) is 1. The average molecular weight is 277 g/mol. The highest BCUT2D eigenvalue weighted by Gasteiger charge is 2.21. The lowest BCUT2D eigenvalue weighted by Gasteiger charge is -2.36. The van der Waals surface area contributed by atoms with Gasteiger partial charge >= 0.3 is 0 Å². The third kappa shape index (κ3) is 3.42. The first-order chi connectivity index (χ1) is 9.61. The zero-order valence-electron chi connectivity index (χ0n) is 12.5. The molecule has 2 rings (SSSR count). The van der Waals surface area contributed by atoms with Gasteiger partial charge in [-0.25, -0.2) is 0 Å². The van der Waals surface area contributed by atoms with E-state index in [1.54, 1.807) is 26.1 Å². The predicted molar refractivity (Wildman–Crippen MR) is 80.3 cm³/mol. The van der Waals surface area contributed by atoms with Crippen molar-refractivity contribution in [3.8, 4) is 5.75 Å². The molecule has 0 aliphatic carbocycles. The summed E-state index contributed by atoms with van der Waals surface area (Å²) in [5.41, 5.74) is 1.13. The number of piperazine rings is 1. The molecule has 0 saturated carbocycles. The number of carbonyl (C=O) groups excluding carboxylic acids is 1. The number of para-hydroxylation sites is 2. The zero-order valence-corrected chi connectivity index (χ0v) is 12.5. The molecule has 20 heavy (non-hydrogen) atoms. The molecule has 1 aromatic carbocycles. The van der Waals surface area contributed by atoms with E-state index in [0.717, 1.165) is 37.6 Å². The Morgan fingerprint density at radius 3 is 2.45 bits per heavy atom. The van der Waals surface area contributed by atoms with Crippen molar-refractivity contribution in [1.82, 2.24) is 9.80 Å². The Morgan fingerprint density at radius 1 is 1.20 bits per heavy atom. The van der Waals surface area contributed by atoms with Crippen molar-refractivity contribution < 1.29 is 9.53 Å². The molecular formula is C15H23N3O2. The van der Waals surface area contributed by atoms with Crippen LogP contribution in [0.3, 0.4) is 0 Å². The van der Waals surface area contributed by atoms with Gasteiger partial charge < -0.3 is 14.5 Å². The summed E-state index contributed by atoms with van der Waals surface area (Å²) in [5.74, 6) is 1.07. The van der Waals surface area contributed by atoms with E-state index in [-0.39, 0.29) is 5.91 Å². The number of nitrogens with zero attached hydrogens (tertiary/aromatic N) is 3. The Labute approximate surface area is 120 Å². The molecule has 0 unspecified atom stereocenters. The third-order valence-electron chi connectivity index (χ3n) is 3.66. The second kappa shape index (κ2) is 6.61. The normalized spacial score (nSPS) is 16.1. The van der Waals surface area contributed by atoms with Crippen LogP contribution >= 0.6 is 0 Å². The molecule has 110 valence electrons. The molecule has 1 aliphatic rings. The van der Waals surface area contributed by atoms with Gasteiger partial charge in [-0.2, -0.15) is 0 Å². The van der Waals surface area contributed by atoms with Crippen molar-refractivity contribution in [2.45, 2.75) is 0 Å². The fraction of sp³-hybridized carbons (Fsp3) is 0.533. The number of hydrogen-bond acceptors (Lipinski definition) is 4. The lowest BCUT2D eigenvalue weighted by molar-refractivity contribution is -0.129. The molecule has 1 aromatic rings. The fourth-order valence-electron chi connectivity index (χ4n) is 2.37. The Bertz CT molecular complexity index is 454. The number of likely N-dealkylation sites (N-methyl/N-ethyl adjacent to an activating group) is 1. The average Bonchev–Trinajstić information content (AvgIpc) is 2.48. The minimum absolute atomic E-state index is 0.163. The summed E-state index contributed by atoms with van der Waals surface area (Å²) < 4.78 is 5.41. The van der Waals surface area contributed by atoms with Gasteiger partial charge in [-0.3, -0.25) is 9.69 Å². The van der Waals surface area contributed by atoms with Gasteiger partial charge in [0.15, 0.2) is 0 Å². The van der Waals surface area contributed by atoms with Crippen LogP contribution in [-0.2, 0) is 4.79 Å². The first-order valence-electron chi connectivity index (χ1n) is 6.92. The lowest BCUT2D eigenvalue weighted by Crippen LogP contribution is -2.49. The Hall–Kier alpha value is -1.75. The molecule has 5 nitrogen and oxygen atoms in total. The van der Waals surface area contributed by atoms with Crippen molar-refractivity contribution in [2.24, 2.45) is 0 Å². The Morgan fingerprint density at radius 2 is 1.85 bits per heavy atom. The monoisotopic (exact) mass is 277 g/mol. The molecule has 0 atom stereocenters. The van der Waals surface area contributed by atoms with Crippen molar-refractivity contribution >= 4 is 11.6 Å². The van der Waals surface area contributed by atoms with Crippen LogP contribution in [0.2, 0.25) is 0 Å². The van der Waals surface area contributed by atoms with Gasteiger partial charge in [0.25, 0.3) is 0 Å². The number of anilines is 1. The highest BCUT2D eigenvalue weighted by atomic mass is 16.5. The van der Waals surface area contributed by atoms with Crippen LogP contribution in [0.4, 0.5) is 5.69 Å². The highest BCUT2D eigenvalue weighted by Crippen LogP contribution is 2.28. The van der Waals surface area contributed by atoms with Crippen molar-refractivity contribution in [2.75, 3.05) is 58.8 Å². The minimum atomic E-state index is 0.163. The molecule has 0 N–H and O–H groups in total. The number of benzene rings is 1. The molecule has 1 amide bonds. The summed E-state index contributed by atoms with van der Waals surface area (Å²) in [7, 11) is 5.30. The second-order valence-electron chi connectivity index (χ2n) is 5.22. The van der Waals surface area contributed by atoms with Crippen LogP contribution < -0.4 is 9.64 Å². The number of amides is 1. The number of carbonyl (C=O) groups is 1. The summed E-state index contributed by atoms with van der Waals surface area (Å²) in [6, 6.07) is 8.07. The SMILES string of the molecule is COc1ccccc1N1CCN(CC(=O)N(C)C)CC1. The number of rotatable bonds is 4. The summed E-state index contributed by atoms with van der Waals surface area (Å²) in [4.78, 5) is 17.9. The third-order valence-corrected chi connectivity index (χ3v) is 3.66. The van der Waals surface area contributed by atoms with Gasteiger partial charge in [0.1, 0.15) is 5.75 Å². The first kappa shape index (κ1) is 14.7. The number of methoxy groups -OCH3 is 1. The molecule has 1 aliphatic heterocycles. The zero-order chi connectivity index (χ0) is 14.5. The summed E-state index contributed by atoms with van der Waals surface area (Å²) in [5, 5.41) is 0. The van der Waals surface area contributed by atoms with Crippen LogP contribution in [0.15, 0.2) is 24.3 Å². The van der Waals surface area contributed by atoms with Crippen LogP contribution in [-0.4, -0.2) is 69.6 Å². The van der Waals surface area contributed by atoms with E-state index in [1.807, 2.05) is 18.2 Å². The van der Waals surface area contributed by atoms with Crippen LogP contribution in [0.1, 0.15) is 0 Å². The van der Waals surface area contributed by atoms with Crippen molar-refractivity contribution in [3.63, 3.8) is 0 Å². The van der Waals surface area contributed by atoms with Crippen LogP contribution in [0.5, 0.6) is 5.75 Å².